The number of hydrogen-bond donors (Lipinski definition) is 2. The highest BCUT2D eigenvalue weighted by molar-refractivity contribution is 9.10. The van der Waals surface area contributed by atoms with E-state index in [-0.39, 0.29) is 6.04 Å². The maximum absolute atomic E-state index is 5.73. The van der Waals surface area contributed by atoms with Crippen molar-refractivity contribution in [3.8, 4) is 0 Å². The summed E-state index contributed by atoms with van der Waals surface area (Å²) in [5.74, 6) is 0. The number of nitrogen functional groups attached to an aromatic ring is 1. The number of hydrogen-bond acceptors (Lipinski definition) is 4. The lowest BCUT2D eigenvalue weighted by molar-refractivity contribution is 0.604. The third-order valence-electron chi connectivity index (χ3n) is 3.10. The largest absolute Gasteiger partial charge is 0.424 e. The lowest BCUT2D eigenvalue weighted by Crippen LogP contribution is -2.06. The van der Waals surface area contributed by atoms with Gasteiger partial charge in [0.1, 0.15) is 5.52 Å². The Morgan fingerprint density at radius 1 is 1.25 bits per heavy atom. The second-order valence-electron chi connectivity index (χ2n) is 4.67. The number of nitrogens with two attached hydrogens (primary N) is 1. The normalized spacial score (nSPS) is 12.5. The molecule has 0 aliphatic carbocycles. The molecule has 2 aromatic carbocycles. The zero-order valence-electron chi connectivity index (χ0n) is 10.9. The van der Waals surface area contributed by atoms with Gasteiger partial charge in [-0.05, 0) is 42.8 Å². The van der Waals surface area contributed by atoms with E-state index in [2.05, 4.69) is 45.3 Å². The van der Waals surface area contributed by atoms with Crippen LogP contribution in [0.15, 0.2) is 51.4 Å². The van der Waals surface area contributed by atoms with E-state index in [1.54, 1.807) is 12.1 Å². The van der Waals surface area contributed by atoms with Gasteiger partial charge < -0.3 is 15.5 Å². The Labute approximate surface area is 125 Å². The van der Waals surface area contributed by atoms with Gasteiger partial charge in [0.25, 0.3) is 6.01 Å². The molecule has 0 saturated carbocycles. The van der Waals surface area contributed by atoms with E-state index < -0.39 is 0 Å². The number of nitrogens with one attached hydrogen (secondary N) is 1. The van der Waals surface area contributed by atoms with Crippen molar-refractivity contribution in [3.05, 3.63) is 52.5 Å². The zero-order chi connectivity index (χ0) is 14.1. The van der Waals surface area contributed by atoms with Crippen molar-refractivity contribution in [2.24, 2.45) is 0 Å². The monoisotopic (exact) mass is 331 g/mol. The quantitative estimate of drug-likeness (QED) is 0.700. The van der Waals surface area contributed by atoms with E-state index in [1.807, 2.05) is 18.2 Å². The van der Waals surface area contributed by atoms with Crippen LogP contribution in [-0.2, 0) is 0 Å². The molecule has 5 heteroatoms. The standard InChI is InChI=1S/C15H14BrN3O/c1-9(10-3-2-4-11(16)7-10)18-15-19-13-8-12(17)5-6-14(13)20-15/h2-9H,17H2,1H3,(H,18,19). The fourth-order valence-corrected chi connectivity index (χ4v) is 2.47. The highest BCUT2D eigenvalue weighted by atomic mass is 79.9. The Morgan fingerprint density at radius 3 is 2.90 bits per heavy atom. The van der Waals surface area contributed by atoms with Crippen molar-refractivity contribution in [1.29, 1.82) is 0 Å². The minimum Gasteiger partial charge on any atom is -0.424 e. The Kier molecular flexibility index (Phi) is 3.36. The molecule has 3 rings (SSSR count). The maximum Gasteiger partial charge on any atom is 0.296 e. The average Bonchev–Trinajstić information content (AvgIpc) is 2.80. The van der Waals surface area contributed by atoms with Gasteiger partial charge in [0, 0.05) is 10.2 Å². The molecule has 0 saturated heterocycles. The van der Waals surface area contributed by atoms with Crippen LogP contribution in [0.1, 0.15) is 18.5 Å². The van der Waals surface area contributed by atoms with E-state index in [9.17, 15) is 0 Å². The Balaban J connectivity index is 1.85. The van der Waals surface area contributed by atoms with Crippen molar-refractivity contribution >= 4 is 38.7 Å². The second-order valence-corrected chi connectivity index (χ2v) is 5.58. The molecule has 1 unspecified atom stereocenters. The minimum atomic E-state index is 0.0953. The van der Waals surface area contributed by atoms with Crippen LogP contribution in [0.25, 0.3) is 11.1 Å². The van der Waals surface area contributed by atoms with Gasteiger partial charge >= 0.3 is 0 Å². The summed E-state index contributed by atoms with van der Waals surface area (Å²) in [5.41, 5.74) is 9.05. The van der Waals surface area contributed by atoms with Crippen LogP contribution in [0.4, 0.5) is 11.7 Å². The highest BCUT2D eigenvalue weighted by Crippen LogP contribution is 2.25. The summed E-state index contributed by atoms with van der Waals surface area (Å²) in [5, 5.41) is 3.25. The molecule has 102 valence electrons. The minimum absolute atomic E-state index is 0.0953. The van der Waals surface area contributed by atoms with Gasteiger partial charge in [-0.2, -0.15) is 4.98 Å². The summed E-state index contributed by atoms with van der Waals surface area (Å²) < 4.78 is 6.71. The summed E-state index contributed by atoms with van der Waals surface area (Å²) in [6.07, 6.45) is 0. The van der Waals surface area contributed by atoms with Gasteiger partial charge in [0.15, 0.2) is 5.58 Å². The molecule has 1 aromatic heterocycles. The fraction of sp³-hybridized carbons (Fsp3) is 0.133. The lowest BCUT2D eigenvalue weighted by Gasteiger charge is -2.12. The molecule has 0 aliphatic heterocycles. The predicted molar refractivity (Wildman–Crippen MR) is 84.6 cm³/mol. The Hall–Kier alpha value is -2.01. The molecule has 0 spiro atoms. The third kappa shape index (κ3) is 2.63. The van der Waals surface area contributed by atoms with Crippen LogP contribution in [0, 0.1) is 0 Å². The third-order valence-corrected chi connectivity index (χ3v) is 3.59. The highest BCUT2D eigenvalue weighted by Gasteiger charge is 2.11. The summed E-state index contributed by atoms with van der Waals surface area (Å²) in [6.45, 7) is 2.06. The number of anilines is 2. The molecular weight excluding hydrogens is 318 g/mol. The summed E-state index contributed by atoms with van der Waals surface area (Å²) in [7, 11) is 0. The van der Waals surface area contributed by atoms with E-state index in [0.717, 1.165) is 21.1 Å². The number of aromatic nitrogens is 1. The van der Waals surface area contributed by atoms with E-state index in [0.29, 0.717) is 11.7 Å². The van der Waals surface area contributed by atoms with Crippen LogP contribution < -0.4 is 11.1 Å². The first-order valence-corrected chi connectivity index (χ1v) is 7.09. The molecule has 0 bridgehead atoms. The second kappa shape index (κ2) is 5.17. The van der Waals surface area contributed by atoms with E-state index in [4.69, 9.17) is 10.2 Å². The number of fused-ring (bicyclic) bond motifs is 1. The number of halogens is 1. The predicted octanol–water partition coefficient (Wildman–Crippen LogP) is 4.35. The summed E-state index contributed by atoms with van der Waals surface area (Å²) >= 11 is 3.47. The molecular formula is C15H14BrN3O. The van der Waals surface area contributed by atoms with Gasteiger partial charge in [-0.3, -0.25) is 0 Å². The summed E-state index contributed by atoms with van der Waals surface area (Å²) in [6, 6.07) is 14.1. The maximum atomic E-state index is 5.73. The van der Waals surface area contributed by atoms with Crippen molar-refractivity contribution in [2.45, 2.75) is 13.0 Å². The molecule has 1 heterocycles. The van der Waals surface area contributed by atoms with E-state index in [1.165, 1.54) is 0 Å². The Morgan fingerprint density at radius 2 is 2.10 bits per heavy atom. The van der Waals surface area contributed by atoms with Crippen molar-refractivity contribution in [1.82, 2.24) is 4.98 Å². The molecule has 1 atom stereocenters. The van der Waals surface area contributed by atoms with Gasteiger partial charge in [-0.25, -0.2) is 0 Å². The fourth-order valence-electron chi connectivity index (χ4n) is 2.05. The molecule has 3 N–H and O–H groups in total. The number of rotatable bonds is 3. The van der Waals surface area contributed by atoms with Crippen LogP contribution >= 0.6 is 15.9 Å². The van der Waals surface area contributed by atoms with Crippen molar-refractivity contribution < 1.29 is 4.42 Å². The smallest absolute Gasteiger partial charge is 0.296 e. The first-order valence-electron chi connectivity index (χ1n) is 6.30. The average molecular weight is 332 g/mol. The molecule has 0 amide bonds. The van der Waals surface area contributed by atoms with Crippen LogP contribution in [-0.4, -0.2) is 4.98 Å². The van der Waals surface area contributed by atoms with Crippen LogP contribution in [0.5, 0.6) is 0 Å². The van der Waals surface area contributed by atoms with Crippen LogP contribution in [0.3, 0.4) is 0 Å². The zero-order valence-corrected chi connectivity index (χ0v) is 12.5. The van der Waals surface area contributed by atoms with Gasteiger partial charge in [-0.1, -0.05) is 28.1 Å². The topological polar surface area (TPSA) is 64.1 Å². The van der Waals surface area contributed by atoms with Gasteiger partial charge in [0.05, 0.1) is 6.04 Å². The van der Waals surface area contributed by atoms with Crippen molar-refractivity contribution in [3.63, 3.8) is 0 Å². The number of nitrogens with zero attached hydrogens (tertiary/aromatic N) is 1. The number of benzene rings is 2. The SMILES string of the molecule is CC(Nc1nc2cc(N)ccc2o1)c1cccc(Br)c1. The number of oxazole rings is 1. The van der Waals surface area contributed by atoms with Crippen molar-refractivity contribution in [2.75, 3.05) is 11.1 Å². The summed E-state index contributed by atoms with van der Waals surface area (Å²) in [4.78, 5) is 4.39. The lowest BCUT2D eigenvalue weighted by atomic mass is 10.1. The van der Waals surface area contributed by atoms with Gasteiger partial charge in [0.2, 0.25) is 0 Å². The molecule has 0 aliphatic rings. The molecule has 20 heavy (non-hydrogen) atoms. The Bertz CT molecular complexity index is 754. The molecule has 3 aromatic rings. The first-order chi connectivity index (χ1) is 9.61. The molecule has 0 fully saturated rings. The molecule has 0 radical (unpaired) electrons. The van der Waals surface area contributed by atoms with Gasteiger partial charge in [-0.15, -0.1) is 0 Å². The van der Waals surface area contributed by atoms with E-state index >= 15 is 0 Å². The molecule has 4 nitrogen and oxygen atoms in total. The first kappa shape index (κ1) is 13.0. The van der Waals surface area contributed by atoms with Crippen LogP contribution in [0.2, 0.25) is 0 Å².